The van der Waals surface area contributed by atoms with Gasteiger partial charge in [0.2, 0.25) is 5.91 Å². The molecule has 7 nitrogen and oxygen atoms in total. The van der Waals surface area contributed by atoms with Crippen LogP contribution >= 0.6 is 23.4 Å². The summed E-state index contributed by atoms with van der Waals surface area (Å²) in [5, 5.41) is 2.44. The van der Waals surface area contributed by atoms with Crippen LogP contribution in [0.1, 0.15) is 5.56 Å². The molecular formula is C20H17ClN2O5S. The van der Waals surface area contributed by atoms with E-state index < -0.39 is 17.1 Å². The first-order chi connectivity index (χ1) is 13.9. The van der Waals surface area contributed by atoms with Crippen LogP contribution in [0.5, 0.6) is 11.5 Å². The van der Waals surface area contributed by atoms with Gasteiger partial charge >= 0.3 is 0 Å². The summed E-state index contributed by atoms with van der Waals surface area (Å²) in [5.41, 5.74) is 1.15. The van der Waals surface area contributed by atoms with Crippen LogP contribution < -0.4 is 14.8 Å². The van der Waals surface area contributed by atoms with Gasteiger partial charge in [-0.3, -0.25) is 19.3 Å². The number of hydrogen-bond acceptors (Lipinski definition) is 6. The molecule has 0 spiro atoms. The second kappa shape index (κ2) is 9.02. The smallest absolute Gasteiger partial charge is 0.294 e. The Hall–Kier alpha value is -2.97. The molecule has 2 aromatic rings. The first-order valence-corrected chi connectivity index (χ1v) is 9.64. The number of thioether (sulfide) groups is 1. The largest absolute Gasteiger partial charge is 0.493 e. The Morgan fingerprint density at radius 2 is 1.90 bits per heavy atom. The highest BCUT2D eigenvalue weighted by Crippen LogP contribution is 2.38. The number of ether oxygens (including phenoxy) is 2. The van der Waals surface area contributed by atoms with Gasteiger partial charge in [0.05, 0.1) is 24.1 Å². The van der Waals surface area contributed by atoms with Crippen LogP contribution in [0, 0.1) is 0 Å². The van der Waals surface area contributed by atoms with E-state index in [0.717, 1.165) is 16.7 Å². The molecule has 0 aromatic heterocycles. The zero-order valence-electron chi connectivity index (χ0n) is 15.6. The van der Waals surface area contributed by atoms with Crippen molar-refractivity contribution in [1.29, 1.82) is 0 Å². The van der Waals surface area contributed by atoms with Crippen molar-refractivity contribution in [2.75, 3.05) is 26.1 Å². The molecule has 0 aliphatic carbocycles. The first kappa shape index (κ1) is 20.8. The van der Waals surface area contributed by atoms with Crippen LogP contribution in [0.4, 0.5) is 10.5 Å². The number of para-hydroxylation sites is 1. The fraction of sp³-hybridized carbons (Fsp3) is 0.150. The van der Waals surface area contributed by atoms with Gasteiger partial charge < -0.3 is 14.8 Å². The highest BCUT2D eigenvalue weighted by atomic mass is 35.5. The summed E-state index contributed by atoms with van der Waals surface area (Å²) >= 11 is 6.94. The van der Waals surface area contributed by atoms with E-state index in [9.17, 15) is 14.4 Å². The molecule has 9 heteroatoms. The van der Waals surface area contributed by atoms with Crippen LogP contribution in [0.3, 0.4) is 0 Å². The van der Waals surface area contributed by atoms with Crippen molar-refractivity contribution in [2.45, 2.75) is 0 Å². The Bertz CT molecular complexity index is 994. The molecule has 1 aliphatic heterocycles. The van der Waals surface area contributed by atoms with E-state index in [2.05, 4.69) is 5.32 Å². The molecule has 150 valence electrons. The number of amides is 3. The second-order valence-electron chi connectivity index (χ2n) is 5.92. The maximum Gasteiger partial charge on any atom is 0.294 e. The number of methoxy groups -OCH3 is 2. The summed E-state index contributed by atoms with van der Waals surface area (Å²) in [4.78, 5) is 38.1. The average Bonchev–Trinajstić information content (AvgIpc) is 2.95. The molecule has 29 heavy (non-hydrogen) atoms. The number of benzene rings is 2. The lowest BCUT2D eigenvalue weighted by Crippen LogP contribution is -2.36. The van der Waals surface area contributed by atoms with E-state index >= 15 is 0 Å². The predicted molar refractivity (Wildman–Crippen MR) is 112 cm³/mol. The SMILES string of the molecule is COc1cc(/C=C2\SC(=O)N(CC(=O)Nc3ccccc3)C2=O)cc(Cl)c1OC. The Morgan fingerprint density at radius 1 is 1.17 bits per heavy atom. The summed E-state index contributed by atoms with van der Waals surface area (Å²) < 4.78 is 10.4. The van der Waals surface area contributed by atoms with Crippen LogP contribution in [0.2, 0.25) is 5.02 Å². The Labute approximate surface area is 176 Å². The molecule has 0 radical (unpaired) electrons. The van der Waals surface area contributed by atoms with Crippen LogP contribution in [-0.4, -0.2) is 42.7 Å². The minimum atomic E-state index is -0.547. The summed E-state index contributed by atoms with van der Waals surface area (Å²) in [5.74, 6) is -0.243. The number of carbonyl (C=O) groups is 3. The molecule has 1 heterocycles. The number of nitrogens with zero attached hydrogens (tertiary/aromatic N) is 1. The number of nitrogens with one attached hydrogen (secondary N) is 1. The summed E-state index contributed by atoms with van der Waals surface area (Å²) in [7, 11) is 2.94. The van der Waals surface area contributed by atoms with Gasteiger partial charge in [0, 0.05) is 5.69 Å². The van der Waals surface area contributed by atoms with Gasteiger partial charge in [-0.2, -0.15) is 0 Å². The third-order valence-electron chi connectivity index (χ3n) is 3.99. The Balaban J connectivity index is 1.76. The zero-order chi connectivity index (χ0) is 21.0. The normalized spacial score (nSPS) is 15.0. The maximum absolute atomic E-state index is 12.6. The Kier molecular flexibility index (Phi) is 6.46. The zero-order valence-corrected chi connectivity index (χ0v) is 17.2. The lowest BCUT2D eigenvalue weighted by Gasteiger charge is -2.12. The van der Waals surface area contributed by atoms with E-state index in [1.165, 1.54) is 20.3 Å². The van der Waals surface area contributed by atoms with Crippen molar-refractivity contribution in [1.82, 2.24) is 4.90 Å². The molecule has 0 saturated carbocycles. The lowest BCUT2D eigenvalue weighted by atomic mass is 10.2. The van der Waals surface area contributed by atoms with E-state index in [-0.39, 0.29) is 11.4 Å². The highest BCUT2D eigenvalue weighted by molar-refractivity contribution is 8.18. The van der Waals surface area contributed by atoms with E-state index in [1.54, 1.807) is 36.4 Å². The van der Waals surface area contributed by atoms with Crippen molar-refractivity contribution in [3.63, 3.8) is 0 Å². The van der Waals surface area contributed by atoms with Gasteiger partial charge in [0.25, 0.3) is 11.1 Å². The predicted octanol–water partition coefficient (Wildman–Crippen LogP) is 4.03. The molecule has 3 amide bonds. The van der Waals surface area contributed by atoms with E-state index in [1.807, 2.05) is 6.07 Å². The number of halogens is 1. The molecule has 0 atom stereocenters. The molecule has 1 fully saturated rings. The molecule has 1 aliphatic rings. The van der Waals surface area contributed by atoms with Crippen LogP contribution in [0.15, 0.2) is 47.4 Å². The fourth-order valence-electron chi connectivity index (χ4n) is 2.67. The van der Waals surface area contributed by atoms with Crippen molar-refractivity contribution in [2.24, 2.45) is 0 Å². The van der Waals surface area contributed by atoms with Crippen LogP contribution in [-0.2, 0) is 9.59 Å². The van der Waals surface area contributed by atoms with Crippen LogP contribution in [0.25, 0.3) is 6.08 Å². The quantitative estimate of drug-likeness (QED) is 0.693. The van der Waals surface area contributed by atoms with Gasteiger partial charge in [-0.1, -0.05) is 29.8 Å². The number of rotatable bonds is 6. The molecule has 3 rings (SSSR count). The van der Waals surface area contributed by atoms with Crippen molar-refractivity contribution < 1.29 is 23.9 Å². The molecule has 0 unspecified atom stereocenters. The lowest BCUT2D eigenvalue weighted by molar-refractivity contribution is -0.127. The van der Waals surface area contributed by atoms with Gasteiger partial charge in [-0.15, -0.1) is 0 Å². The first-order valence-electron chi connectivity index (χ1n) is 8.44. The second-order valence-corrected chi connectivity index (χ2v) is 7.32. The number of anilines is 1. The molecule has 2 aromatic carbocycles. The van der Waals surface area contributed by atoms with Gasteiger partial charge in [-0.05, 0) is 47.7 Å². The third-order valence-corrected chi connectivity index (χ3v) is 5.17. The molecular weight excluding hydrogens is 416 g/mol. The number of carbonyl (C=O) groups excluding carboxylic acids is 3. The number of imide groups is 1. The summed E-state index contributed by atoms with van der Waals surface area (Å²) in [6, 6.07) is 12.0. The topological polar surface area (TPSA) is 84.9 Å². The Morgan fingerprint density at radius 3 is 2.55 bits per heavy atom. The minimum Gasteiger partial charge on any atom is -0.493 e. The third kappa shape index (κ3) is 4.72. The van der Waals surface area contributed by atoms with Crippen molar-refractivity contribution in [3.05, 3.63) is 58.0 Å². The van der Waals surface area contributed by atoms with E-state index in [4.69, 9.17) is 21.1 Å². The molecule has 1 N–H and O–H groups in total. The monoisotopic (exact) mass is 432 g/mol. The summed E-state index contributed by atoms with van der Waals surface area (Å²) in [6.45, 7) is -0.371. The highest BCUT2D eigenvalue weighted by Gasteiger charge is 2.36. The number of hydrogen-bond donors (Lipinski definition) is 1. The van der Waals surface area contributed by atoms with Gasteiger partial charge in [0.15, 0.2) is 11.5 Å². The molecule has 1 saturated heterocycles. The van der Waals surface area contributed by atoms with Crippen molar-refractivity contribution in [3.8, 4) is 11.5 Å². The average molecular weight is 433 g/mol. The fourth-order valence-corrected chi connectivity index (χ4v) is 3.81. The molecule has 0 bridgehead atoms. The maximum atomic E-state index is 12.6. The van der Waals surface area contributed by atoms with Gasteiger partial charge in [-0.25, -0.2) is 0 Å². The van der Waals surface area contributed by atoms with E-state index in [0.29, 0.717) is 27.8 Å². The standard InChI is InChI=1S/C20H17ClN2O5S/c1-27-15-9-12(8-14(21)18(15)28-2)10-16-19(25)23(20(26)29-16)11-17(24)22-13-6-4-3-5-7-13/h3-10H,11H2,1-2H3,(H,22,24)/b16-10-. The van der Waals surface area contributed by atoms with Gasteiger partial charge in [0.1, 0.15) is 6.54 Å². The minimum absolute atomic E-state index is 0.186. The summed E-state index contributed by atoms with van der Waals surface area (Å²) in [6.07, 6.45) is 1.52. The van der Waals surface area contributed by atoms with Crippen molar-refractivity contribution >= 4 is 52.2 Å².